The lowest BCUT2D eigenvalue weighted by atomic mass is 9.96. The summed E-state index contributed by atoms with van der Waals surface area (Å²) in [6.45, 7) is 1.67. The summed E-state index contributed by atoms with van der Waals surface area (Å²) in [5, 5.41) is 120. The molecular formula is C59H105NO18. The molecule has 1 amide bonds. The third-order valence-corrected chi connectivity index (χ3v) is 14.9. The molecule has 0 aromatic carbocycles. The molecule has 3 aliphatic heterocycles. The van der Waals surface area contributed by atoms with Crippen LogP contribution in [0.1, 0.15) is 187 Å². The van der Waals surface area contributed by atoms with Gasteiger partial charge in [0.15, 0.2) is 18.9 Å². The minimum Gasteiger partial charge on any atom is -0.394 e. The van der Waals surface area contributed by atoms with Crippen LogP contribution >= 0.6 is 0 Å². The first-order valence-electron chi connectivity index (χ1n) is 29.9. The van der Waals surface area contributed by atoms with Gasteiger partial charge >= 0.3 is 0 Å². The number of rotatable bonds is 43. The number of amides is 1. The number of ether oxygens (including phenoxy) is 6. The Hall–Kier alpha value is -2.25. The molecule has 3 heterocycles. The molecule has 17 atom stereocenters. The van der Waals surface area contributed by atoms with Gasteiger partial charge in [-0.3, -0.25) is 4.79 Å². The predicted octanol–water partition coefficient (Wildman–Crippen LogP) is 5.09. The molecule has 3 aliphatic rings. The fourth-order valence-electron chi connectivity index (χ4n) is 9.90. The molecule has 17 unspecified atom stereocenters. The van der Waals surface area contributed by atoms with Crippen LogP contribution in [0, 0.1) is 0 Å². The summed E-state index contributed by atoms with van der Waals surface area (Å²) in [6.07, 6.45) is 19.4. The first kappa shape index (κ1) is 70.0. The summed E-state index contributed by atoms with van der Waals surface area (Å²) in [5.74, 6) is -0.290. The number of hydrogen-bond donors (Lipinski definition) is 12. The van der Waals surface area contributed by atoms with Gasteiger partial charge in [0.05, 0.1) is 38.6 Å². The second-order valence-electron chi connectivity index (χ2n) is 21.5. The van der Waals surface area contributed by atoms with E-state index in [1.807, 2.05) is 6.08 Å². The van der Waals surface area contributed by atoms with E-state index in [1.54, 1.807) is 6.08 Å². The van der Waals surface area contributed by atoms with E-state index in [2.05, 4.69) is 55.6 Å². The van der Waals surface area contributed by atoms with E-state index in [-0.39, 0.29) is 18.9 Å². The molecule has 3 saturated heterocycles. The fraction of sp³-hybridized carbons (Fsp3) is 0.847. The van der Waals surface area contributed by atoms with E-state index < -0.39 is 124 Å². The van der Waals surface area contributed by atoms with Gasteiger partial charge in [-0.25, -0.2) is 0 Å². The van der Waals surface area contributed by atoms with Crippen molar-refractivity contribution in [2.75, 3.05) is 26.4 Å². The van der Waals surface area contributed by atoms with Crippen LogP contribution in [0.5, 0.6) is 0 Å². The van der Waals surface area contributed by atoms with Crippen molar-refractivity contribution in [3.8, 4) is 0 Å². The number of carbonyl (C=O) groups excluding carboxylic acids is 1. The molecule has 0 bridgehead atoms. The number of nitrogens with one attached hydrogen (secondary N) is 1. The number of aliphatic hydroxyl groups is 11. The maximum absolute atomic E-state index is 13.3. The molecule has 3 rings (SSSR count). The van der Waals surface area contributed by atoms with Gasteiger partial charge in [0.25, 0.3) is 0 Å². The third-order valence-electron chi connectivity index (χ3n) is 14.9. The van der Waals surface area contributed by atoms with Crippen LogP contribution in [-0.4, -0.2) is 193 Å². The Morgan fingerprint density at radius 3 is 1.35 bits per heavy atom. The van der Waals surface area contributed by atoms with Crippen LogP contribution in [0.3, 0.4) is 0 Å². The van der Waals surface area contributed by atoms with E-state index in [1.165, 1.54) is 77.0 Å². The second-order valence-corrected chi connectivity index (χ2v) is 21.5. The molecule has 0 radical (unpaired) electrons. The Kier molecular flexibility index (Phi) is 38.2. The highest BCUT2D eigenvalue weighted by Gasteiger charge is 2.53. The summed E-state index contributed by atoms with van der Waals surface area (Å²) in [7, 11) is 0. The smallest absolute Gasteiger partial charge is 0.220 e. The highest BCUT2D eigenvalue weighted by Crippen LogP contribution is 2.33. The summed E-state index contributed by atoms with van der Waals surface area (Å²) < 4.78 is 34.2. The molecule has 78 heavy (non-hydrogen) atoms. The molecule has 0 aromatic heterocycles. The largest absolute Gasteiger partial charge is 0.394 e. The maximum atomic E-state index is 13.3. The van der Waals surface area contributed by atoms with Crippen molar-refractivity contribution in [1.29, 1.82) is 0 Å². The standard InChI is InChI=1S/C59H105NO18/c1-3-5-7-9-11-13-15-17-19-20-21-22-23-25-27-29-31-33-35-37-47(65)60-42(43(64)36-34-32-30-28-26-24-18-16-14-12-10-8-6-4-2)41-73-57-53(71)50(68)55(45(39-62)75-57)78-59-54(72)51(69)56(46(40-63)76-59)77-58-52(70)49(67)48(66)44(38-61)74-58/h11,13,17,19,21-22,34,36,42-46,48-59,61-64,66-72H,3-10,12,14-16,18,20,23-33,35,37-41H2,1-2H3,(H,60,65)/b13-11-,19-17-,22-21-,36-34+. The normalized spacial score (nSPS) is 30.8. The number of unbranched alkanes of at least 4 members (excludes halogenated alkanes) is 21. The Labute approximate surface area is 465 Å². The quantitative estimate of drug-likeness (QED) is 0.0279. The van der Waals surface area contributed by atoms with Crippen molar-refractivity contribution < 1.29 is 89.4 Å². The van der Waals surface area contributed by atoms with E-state index >= 15 is 0 Å². The number of allylic oxidation sites excluding steroid dienone is 7. The summed E-state index contributed by atoms with van der Waals surface area (Å²) in [5.41, 5.74) is 0. The van der Waals surface area contributed by atoms with E-state index in [0.29, 0.717) is 6.42 Å². The van der Waals surface area contributed by atoms with Gasteiger partial charge in [0, 0.05) is 6.42 Å². The maximum Gasteiger partial charge on any atom is 0.220 e. The first-order valence-corrected chi connectivity index (χ1v) is 29.9. The number of hydrogen-bond acceptors (Lipinski definition) is 18. The fourth-order valence-corrected chi connectivity index (χ4v) is 9.90. The zero-order valence-electron chi connectivity index (χ0n) is 47.1. The van der Waals surface area contributed by atoms with E-state index in [9.17, 15) is 61.0 Å². The SMILES string of the molecule is CCCCC/C=C\C/C=C\C/C=C\CCCCCCCCC(=O)NC(COC1OC(CO)C(OC2OC(CO)C(OC3OC(CO)C(O)C(O)C3O)C(O)C2O)C(O)C1O)C(O)/C=C/CCCCCCCCCCCCCC. The summed E-state index contributed by atoms with van der Waals surface area (Å²) in [4.78, 5) is 13.3. The van der Waals surface area contributed by atoms with Gasteiger partial charge in [-0.2, -0.15) is 0 Å². The average Bonchev–Trinajstić information content (AvgIpc) is 3.45. The molecule has 3 fully saturated rings. The lowest BCUT2D eigenvalue weighted by molar-refractivity contribution is -0.379. The van der Waals surface area contributed by atoms with Gasteiger partial charge in [-0.05, 0) is 57.8 Å². The highest BCUT2D eigenvalue weighted by molar-refractivity contribution is 5.76. The molecule has 12 N–H and O–H groups in total. The molecule has 0 spiro atoms. The monoisotopic (exact) mass is 1120 g/mol. The molecule has 19 heteroatoms. The third kappa shape index (κ3) is 26.3. The van der Waals surface area contributed by atoms with Crippen LogP contribution in [0.25, 0.3) is 0 Å². The zero-order valence-corrected chi connectivity index (χ0v) is 47.1. The minimum absolute atomic E-state index is 0.227. The Balaban J connectivity index is 1.51. The molecule has 0 aliphatic carbocycles. The van der Waals surface area contributed by atoms with Gasteiger partial charge in [-0.15, -0.1) is 0 Å². The molecule has 0 saturated carbocycles. The first-order chi connectivity index (χ1) is 37.8. The van der Waals surface area contributed by atoms with Gasteiger partial charge in [0.1, 0.15) is 73.2 Å². The van der Waals surface area contributed by atoms with Crippen LogP contribution < -0.4 is 5.32 Å². The van der Waals surface area contributed by atoms with Gasteiger partial charge in [0.2, 0.25) is 5.91 Å². The van der Waals surface area contributed by atoms with Crippen LogP contribution in [-0.2, 0) is 33.2 Å². The van der Waals surface area contributed by atoms with Crippen molar-refractivity contribution in [3.63, 3.8) is 0 Å². The van der Waals surface area contributed by atoms with E-state index in [4.69, 9.17) is 28.4 Å². The predicted molar refractivity (Wildman–Crippen MR) is 295 cm³/mol. The second kappa shape index (κ2) is 42.6. The molecule has 454 valence electrons. The van der Waals surface area contributed by atoms with Crippen molar-refractivity contribution in [2.45, 2.75) is 291 Å². The van der Waals surface area contributed by atoms with Gasteiger partial charge in [-0.1, -0.05) is 172 Å². The highest BCUT2D eigenvalue weighted by atomic mass is 16.8. The topological polar surface area (TPSA) is 307 Å². The van der Waals surface area contributed by atoms with Crippen molar-refractivity contribution >= 4 is 5.91 Å². The van der Waals surface area contributed by atoms with Crippen LogP contribution in [0.4, 0.5) is 0 Å². The minimum atomic E-state index is -1.98. The molecule has 19 nitrogen and oxygen atoms in total. The Morgan fingerprint density at radius 1 is 0.462 bits per heavy atom. The Bertz CT molecular complexity index is 1620. The molecular weight excluding hydrogens is 1010 g/mol. The lowest BCUT2D eigenvalue weighted by Gasteiger charge is -2.48. The van der Waals surface area contributed by atoms with Crippen molar-refractivity contribution in [1.82, 2.24) is 5.32 Å². The summed E-state index contributed by atoms with van der Waals surface area (Å²) in [6, 6.07) is -0.980. The van der Waals surface area contributed by atoms with Crippen molar-refractivity contribution in [2.24, 2.45) is 0 Å². The number of aliphatic hydroxyl groups excluding tert-OH is 11. The Morgan fingerprint density at radius 2 is 0.846 bits per heavy atom. The average molecular weight is 1120 g/mol. The summed E-state index contributed by atoms with van der Waals surface area (Å²) >= 11 is 0. The number of carbonyl (C=O) groups is 1. The van der Waals surface area contributed by atoms with Crippen LogP contribution in [0.15, 0.2) is 48.6 Å². The lowest BCUT2D eigenvalue weighted by Crippen LogP contribution is -2.66. The van der Waals surface area contributed by atoms with Crippen molar-refractivity contribution in [3.05, 3.63) is 48.6 Å². The van der Waals surface area contributed by atoms with E-state index in [0.717, 1.165) is 83.5 Å². The zero-order chi connectivity index (χ0) is 56.9. The van der Waals surface area contributed by atoms with Gasteiger partial charge < -0.3 is 89.9 Å². The molecule has 0 aromatic rings. The van der Waals surface area contributed by atoms with Crippen LogP contribution in [0.2, 0.25) is 0 Å².